The minimum atomic E-state index is -0.789. The van der Waals surface area contributed by atoms with Crippen molar-refractivity contribution in [2.24, 2.45) is 0 Å². The van der Waals surface area contributed by atoms with Gasteiger partial charge < -0.3 is 4.74 Å². The highest BCUT2D eigenvalue weighted by Crippen LogP contribution is 2.35. The second-order valence-electron chi connectivity index (χ2n) is 9.34. The van der Waals surface area contributed by atoms with Gasteiger partial charge in [0.05, 0.1) is 6.61 Å². The van der Waals surface area contributed by atoms with Crippen LogP contribution in [0.3, 0.4) is 0 Å². The predicted molar refractivity (Wildman–Crippen MR) is 144 cm³/mol. The number of unbranched alkanes of at least 4 members (excludes halogenated alkanes) is 9. The highest BCUT2D eigenvalue weighted by molar-refractivity contribution is 5.72. The lowest BCUT2D eigenvalue weighted by Gasteiger charge is -2.15. The fraction of sp³-hybridized carbons (Fsp3) is 0.438. The molecule has 0 fully saturated rings. The third-order valence-corrected chi connectivity index (χ3v) is 6.65. The van der Waals surface area contributed by atoms with Crippen LogP contribution in [0.25, 0.3) is 22.3 Å². The molecule has 0 unspecified atom stereocenters. The van der Waals surface area contributed by atoms with Crippen molar-refractivity contribution in [3.8, 4) is 28.0 Å². The molecule has 0 saturated carbocycles. The van der Waals surface area contributed by atoms with Crippen LogP contribution in [0.5, 0.6) is 5.75 Å². The van der Waals surface area contributed by atoms with Gasteiger partial charge in [-0.25, -0.2) is 8.78 Å². The molecular weight excluding hydrogens is 438 g/mol. The Balaban J connectivity index is 1.63. The van der Waals surface area contributed by atoms with Gasteiger partial charge in [0.25, 0.3) is 0 Å². The van der Waals surface area contributed by atoms with E-state index < -0.39 is 11.6 Å². The number of benzene rings is 3. The van der Waals surface area contributed by atoms with Crippen molar-refractivity contribution in [1.82, 2.24) is 0 Å². The molecule has 0 radical (unpaired) electrons. The van der Waals surface area contributed by atoms with Crippen molar-refractivity contribution in [2.45, 2.75) is 84.5 Å². The zero-order valence-corrected chi connectivity index (χ0v) is 21.4. The van der Waals surface area contributed by atoms with Gasteiger partial charge >= 0.3 is 0 Å². The molecule has 35 heavy (non-hydrogen) atoms. The maximum atomic E-state index is 15.2. The molecule has 0 N–H and O–H groups in total. The summed E-state index contributed by atoms with van der Waals surface area (Å²) >= 11 is 0. The van der Waals surface area contributed by atoms with E-state index in [2.05, 4.69) is 6.92 Å². The Morgan fingerprint density at radius 2 is 1.14 bits per heavy atom. The molecule has 0 amide bonds. The summed E-state index contributed by atoms with van der Waals surface area (Å²) in [5.74, 6) is -1.10. The Bertz CT molecular complexity index is 1010. The molecule has 3 rings (SSSR count). The Kier molecular flexibility index (Phi) is 11.3. The SMILES string of the molecule is CCCCCCCCCCCCc1c(OCC)cc(-c2ccc(-c3ccccc3)cc2)c(F)c1F. The van der Waals surface area contributed by atoms with Crippen molar-refractivity contribution in [1.29, 1.82) is 0 Å². The maximum absolute atomic E-state index is 15.2. The van der Waals surface area contributed by atoms with Gasteiger partial charge in [0.1, 0.15) is 5.75 Å². The quantitative estimate of drug-likeness (QED) is 0.197. The lowest BCUT2D eigenvalue weighted by atomic mass is 9.96. The molecule has 0 bridgehead atoms. The first kappa shape index (κ1) is 26.9. The molecule has 3 aromatic rings. The molecule has 0 aliphatic carbocycles. The second kappa shape index (κ2) is 14.7. The highest BCUT2D eigenvalue weighted by Gasteiger charge is 2.20. The molecule has 3 heteroatoms. The van der Waals surface area contributed by atoms with Crippen LogP contribution >= 0.6 is 0 Å². The molecule has 0 aliphatic rings. The first-order chi connectivity index (χ1) is 17.2. The smallest absolute Gasteiger partial charge is 0.167 e. The van der Waals surface area contributed by atoms with Crippen LogP contribution in [-0.2, 0) is 6.42 Å². The predicted octanol–water partition coefficient (Wildman–Crippen LogP) is 10.2. The molecule has 188 valence electrons. The summed E-state index contributed by atoms with van der Waals surface area (Å²) < 4.78 is 36.1. The molecule has 0 saturated heterocycles. The van der Waals surface area contributed by atoms with Crippen molar-refractivity contribution in [3.05, 3.63) is 77.9 Å². The summed E-state index contributed by atoms with van der Waals surface area (Å²) in [5, 5.41) is 0. The van der Waals surface area contributed by atoms with Crippen molar-refractivity contribution >= 4 is 0 Å². The fourth-order valence-electron chi connectivity index (χ4n) is 4.63. The normalized spacial score (nSPS) is 11.1. The van der Waals surface area contributed by atoms with Crippen molar-refractivity contribution in [2.75, 3.05) is 6.61 Å². The summed E-state index contributed by atoms with van der Waals surface area (Å²) in [5.41, 5.74) is 3.39. The third kappa shape index (κ3) is 7.92. The van der Waals surface area contributed by atoms with Crippen LogP contribution < -0.4 is 4.74 Å². The zero-order chi connectivity index (χ0) is 24.9. The van der Waals surface area contributed by atoms with E-state index in [-0.39, 0.29) is 5.56 Å². The monoisotopic (exact) mass is 478 g/mol. The average Bonchev–Trinajstić information content (AvgIpc) is 2.89. The van der Waals surface area contributed by atoms with E-state index in [1.54, 1.807) is 6.07 Å². The van der Waals surface area contributed by atoms with Gasteiger partial charge in [-0.3, -0.25) is 0 Å². The van der Waals surface area contributed by atoms with Crippen LogP contribution in [0, 0.1) is 11.6 Å². The summed E-state index contributed by atoms with van der Waals surface area (Å²) in [6.07, 6.45) is 12.6. The second-order valence-corrected chi connectivity index (χ2v) is 9.34. The zero-order valence-electron chi connectivity index (χ0n) is 21.4. The minimum Gasteiger partial charge on any atom is -0.493 e. The molecule has 1 nitrogen and oxygen atoms in total. The maximum Gasteiger partial charge on any atom is 0.167 e. The summed E-state index contributed by atoms with van der Waals surface area (Å²) in [6.45, 7) is 4.53. The van der Waals surface area contributed by atoms with Gasteiger partial charge in [0, 0.05) is 11.1 Å². The van der Waals surface area contributed by atoms with Gasteiger partial charge in [-0.15, -0.1) is 0 Å². The number of rotatable bonds is 15. The van der Waals surface area contributed by atoms with Crippen LogP contribution in [0.4, 0.5) is 8.78 Å². The molecule has 0 aliphatic heterocycles. The fourth-order valence-corrected chi connectivity index (χ4v) is 4.63. The van der Waals surface area contributed by atoms with E-state index in [0.717, 1.165) is 30.4 Å². The molecule has 3 aromatic carbocycles. The minimum absolute atomic E-state index is 0.248. The van der Waals surface area contributed by atoms with Gasteiger partial charge in [0.15, 0.2) is 11.6 Å². The van der Waals surface area contributed by atoms with Gasteiger partial charge in [0.2, 0.25) is 0 Å². The van der Waals surface area contributed by atoms with E-state index in [0.29, 0.717) is 29.9 Å². The lowest BCUT2D eigenvalue weighted by Crippen LogP contribution is -2.04. The van der Waals surface area contributed by atoms with E-state index >= 15 is 8.78 Å². The van der Waals surface area contributed by atoms with Crippen LogP contribution in [0.15, 0.2) is 60.7 Å². The standard InChI is InChI=1S/C32H40F2O/c1-3-5-6-7-8-9-10-11-12-16-19-28-30(35-4-2)24-29(32(34)31(28)33)27-22-20-26(21-23-27)25-17-14-13-15-18-25/h13-15,17-18,20-24H,3-12,16,19H2,1-2H3. The Labute approximate surface area is 210 Å². The Morgan fingerprint density at radius 3 is 1.74 bits per heavy atom. The molecule has 0 spiro atoms. The Hall–Kier alpha value is -2.68. The summed E-state index contributed by atoms with van der Waals surface area (Å²) in [7, 11) is 0. The van der Waals surface area contributed by atoms with Crippen molar-refractivity contribution < 1.29 is 13.5 Å². The molecular formula is C32H40F2O. The van der Waals surface area contributed by atoms with Crippen LogP contribution in [0.1, 0.15) is 83.6 Å². The third-order valence-electron chi connectivity index (χ3n) is 6.65. The van der Waals surface area contributed by atoms with Crippen LogP contribution in [-0.4, -0.2) is 6.61 Å². The Morgan fingerprint density at radius 1 is 0.600 bits per heavy atom. The molecule has 0 atom stereocenters. The first-order valence-corrected chi connectivity index (χ1v) is 13.4. The van der Waals surface area contributed by atoms with Crippen molar-refractivity contribution in [3.63, 3.8) is 0 Å². The summed E-state index contributed by atoms with van der Waals surface area (Å²) in [4.78, 5) is 0. The van der Waals surface area contributed by atoms with Gasteiger partial charge in [-0.1, -0.05) is 119 Å². The average molecular weight is 479 g/mol. The van der Waals surface area contributed by atoms with Gasteiger partial charge in [-0.05, 0) is 42.5 Å². The molecule has 0 heterocycles. The first-order valence-electron chi connectivity index (χ1n) is 13.4. The van der Waals surface area contributed by atoms with E-state index in [1.807, 2.05) is 61.5 Å². The van der Waals surface area contributed by atoms with E-state index in [9.17, 15) is 0 Å². The highest BCUT2D eigenvalue weighted by atomic mass is 19.2. The lowest BCUT2D eigenvalue weighted by molar-refractivity contribution is 0.331. The number of hydrogen-bond acceptors (Lipinski definition) is 1. The number of halogens is 2. The van der Waals surface area contributed by atoms with Crippen LogP contribution in [0.2, 0.25) is 0 Å². The number of hydrogen-bond donors (Lipinski definition) is 0. The molecule has 0 aromatic heterocycles. The van der Waals surface area contributed by atoms with Gasteiger partial charge in [-0.2, -0.15) is 0 Å². The largest absolute Gasteiger partial charge is 0.493 e. The number of ether oxygens (including phenoxy) is 1. The van der Waals surface area contributed by atoms with E-state index in [4.69, 9.17) is 4.74 Å². The summed E-state index contributed by atoms with van der Waals surface area (Å²) in [6, 6.07) is 19.3. The van der Waals surface area contributed by atoms with E-state index in [1.165, 1.54) is 44.9 Å². The topological polar surface area (TPSA) is 9.23 Å².